The second kappa shape index (κ2) is 4.64. The molecule has 2 rings (SSSR count). The summed E-state index contributed by atoms with van der Waals surface area (Å²) in [5.74, 6) is 0.803. The average molecular weight is 235 g/mol. The molecule has 2 aromatic rings. The van der Waals surface area contributed by atoms with Gasteiger partial charge in [-0.1, -0.05) is 0 Å². The van der Waals surface area contributed by atoms with Crippen LogP contribution in [0.1, 0.15) is 5.82 Å². The summed E-state index contributed by atoms with van der Waals surface area (Å²) in [4.78, 5) is 24.1. The largest absolute Gasteiger partial charge is 0.367 e. The van der Waals surface area contributed by atoms with Crippen molar-refractivity contribution in [3.8, 4) is 0 Å². The number of aromatic amines is 1. The lowest BCUT2D eigenvalue weighted by molar-refractivity contribution is -0.131. The van der Waals surface area contributed by atoms with E-state index in [9.17, 15) is 4.79 Å². The van der Waals surface area contributed by atoms with Gasteiger partial charge in [-0.2, -0.15) is 0 Å². The lowest BCUT2D eigenvalue weighted by Crippen LogP contribution is -2.30. The molecule has 8 heteroatoms. The zero-order valence-corrected chi connectivity index (χ0v) is 9.37. The van der Waals surface area contributed by atoms with Gasteiger partial charge in [0.25, 0.3) is 0 Å². The molecular weight excluding hydrogens is 222 g/mol. The zero-order chi connectivity index (χ0) is 12.3. The molecule has 0 spiro atoms. The molecule has 0 saturated heterocycles. The van der Waals surface area contributed by atoms with Crippen molar-refractivity contribution < 1.29 is 4.79 Å². The number of nitrogens with zero attached hydrogens (tertiary/aromatic N) is 5. The summed E-state index contributed by atoms with van der Waals surface area (Å²) in [6, 6.07) is 0. The highest BCUT2D eigenvalue weighted by atomic mass is 16.2. The Balaban J connectivity index is 1.91. The van der Waals surface area contributed by atoms with Crippen molar-refractivity contribution in [1.29, 1.82) is 0 Å². The minimum absolute atomic E-state index is 0.0914. The predicted octanol–water partition coefficient (Wildman–Crippen LogP) is -0.758. The molecule has 3 N–H and O–H groups in total. The number of imidazole rings is 1. The maximum atomic E-state index is 11.8. The summed E-state index contributed by atoms with van der Waals surface area (Å²) in [5, 5.41) is 3.84. The lowest BCUT2D eigenvalue weighted by Gasteiger charge is -2.15. The summed E-state index contributed by atoms with van der Waals surface area (Å²) >= 11 is 0. The van der Waals surface area contributed by atoms with E-state index in [2.05, 4.69) is 20.1 Å². The molecule has 0 radical (unpaired) electrons. The Hall–Kier alpha value is -2.38. The third-order valence-electron chi connectivity index (χ3n) is 2.22. The molecule has 0 bridgehead atoms. The predicted molar refractivity (Wildman–Crippen MR) is 59.5 cm³/mol. The van der Waals surface area contributed by atoms with Crippen LogP contribution in [-0.4, -0.2) is 42.6 Å². The standard InChI is InChI=1S/C9H13N7O/c1-15(4-7-11-2-3-12-7)8(17)5-16-6-13-9(10)14-16/h2-3,6H,4-5H2,1H3,(H2,10,14)(H,11,12). The molecule has 1 amide bonds. The number of amides is 1. The third-order valence-corrected chi connectivity index (χ3v) is 2.22. The van der Waals surface area contributed by atoms with E-state index in [-0.39, 0.29) is 18.4 Å². The quantitative estimate of drug-likeness (QED) is 0.724. The van der Waals surface area contributed by atoms with Crippen LogP contribution >= 0.6 is 0 Å². The highest BCUT2D eigenvalue weighted by molar-refractivity contribution is 5.75. The molecule has 90 valence electrons. The maximum Gasteiger partial charge on any atom is 0.244 e. The Labute approximate surface area is 97.5 Å². The van der Waals surface area contributed by atoms with E-state index in [1.807, 2.05) is 0 Å². The van der Waals surface area contributed by atoms with E-state index in [0.29, 0.717) is 6.54 Å². The fraction of sp³-hybridized carbons (Fsp3) is 0.333. The molecule has 0 unspecified atom stereocenters. The molecule has 2 aromatic heterocycles. The van der Waals surface area contributed by atoms with Crippen molar-refractivity contribution >= 4 is 11.9 Å². The topological polar surface area (TPSA) is 106 Å². The fourth-order valence-corrected chi connectivity index (χ4v) is 1.34. The van der Waals surface area contributed by atoms with Crippen LogP contribution in [-0.2, 0) is 17.9 Å². The Morgan fingerprint density at radius 2 is 2.41 bits per heavy atom. The van der Waals surface area contributed by atoms with Crippen LogP contribution in [0.4, 0.5) is 5.95 Å². The number of hydrogen-bond donors (Lipinski definition) is 2. The zero-order valence-electron chi connectivity index (χ0n) is 9.37. The summed E-state index contributed by atoms with van der Waals surface area (Å²) in [6.45, 7) is 0.539. The average Bonchev–Trinajstić information content (AvgIpc) is 2.90. The smallest absolute Gasteiger partial charge is 0.244 e. The first-order valence-corrected chi connectivity index (χ1v) is 5.02. The lowest BCUT2D eigenvalue weighted by atomic mass is 10.4. The molecule has 17 heavy (non-hydrogen) atoms. The van der Waals surface area contributed by atoms with E-state index < -0.39 is 0 Å². The Morgan fingerprint density at radius 1 is 1.59 bits per heavy atom. The number of nitrogen functional groups attached to an aromatic ring is 1. The number of nitrogens with two attached hydrogens (primary N) is 1. The number of H-pyrrole nitrogens is 1. The van der Waals surface area contributed by atoms with Crippen molar-refractivity contribution in [2.24, 2.45) is 0 Å². The number of rotatable bonds is 4. The monoisotopic (exact) mass is 235 g/mol. The minimum Gasteiger partial charge on any atom is -0.367 e. The first-order valence-electron chi connectivity index (χ1n) is 5.02. The van der Waals surface area contributed by atoms with Crippen LogP contribution in [0, 0.1) is 0 Å². The van der Waals surface area contributed by atoms with Gasteiger partial charge in [-0.05, 0) is 0 Å². The van der Waals surface area contributed by atoms with Crippen molar-refractivity contribution in [2.75, 3.05) is 12.8 Å². The van der Waals surface area contributed by atoms with Gasteiger partial charge in [0.15, 0.2) is 0 Å². The third kappa shape index (κ3) is 2.80. The van der Waals surface area contributed by atoms with Gasteiger partial charge in [-0.25, -0.2) is 14.6 Å². The molecule has 0 aromatic carbocycles. The Kier molecular flexibility index (Phi) is 3.03. The number of aromatic nitrogens is 5. The molecule has 0 atom stereocenters. The Morgan fingerprint density at radius 3 is 3.00 bits per heavy atom. The highest BCUT2D eigenvalue weighted by Crippen LogP contribution is 1.98. The first-order chi connectivity index (χ1) is 8.15. The van der Waals surface area contributed by atoms with Crippen LogP contribution in [0.2, 0.25) is 0 Å². The van der Waals surface area contributed by atoms with E-state index in [1.54, 1.807) is 24.3 Å². The fourth-order valence-electron chi connectivity index (χ4n) is 1.34. The molecule has 8 nitrogen and oxygen atoms in total. The summed E-state index contributed by atoms with van der Waals surface area (Å²) in [7, 11) is 1.70. The van der Waals surface area contributed by atoms with E-state index >= 15 is 0 Å². The molecule has 2 heterocycles. The van der Waals surface area contributed by atoms with Crippen LogP contribution in [0.5, 0.6) is 0 Å². The first kappa shape index (κ1) is 11.1. The van der Waals surface area contributed by atoms with Crippen LogP contribution < -0.4 is 5.73 Å². The second-order valence-electron chi connectivity index (χ2n) is 3.59. The van der Waals surface area contributed by atoms with E-state index in [4.69, 9.17) is 5.73 Å². The normalized spacial score (nSPS) is 10.4. The van der Waals surface area contributed by atoms with Crippen LogP contribution in [0.25, 0.3) is 0 Å². The van der Waals surface area contributed by atoms with Gasteiger partial charge in [0, 0.05) is 19.4 Å². The minimum atomic E-state index is -0.0914. The van der Waals surface area contributed by atoms with Gasteiger partial charge in [0.1, 0.15) is 18.7 Å². The number of nitrogens with one attached hydrogen (secondary N) is 1. The summed E-state index contributed by atoms with van der Waals surface area (Å²) in [6.07, 6.45) is 4.78. The summed E-state index contributed by atoms with van der Waals surface area (Å²) < 4.78 is 1.40. The number of carbonyl (C=O) groups excluding carboxylic acids is 1. The van der Waals surface area contributed by atoms with Gasteiger partial charge in [0.05, 0.1) is 6.54 Å². The molecular formula is C9H13N7O. The highest BCUT2D eigenvalue weighted by Gasteiger charge is 2.11. The van der Waals surface area contributed by atoms with Crippen LogP contribution in [0.3, 0.4) is 0 Å². The maximum absolute atomic E-state index is 11.8. The van der Waals surface area contributed by atoms with Gasteiger partial charge in [-0.15, -0.1) is 5.10 Å². The molecule has 0 aliphatic carbocycles. The number of anilines is 1. The van der Waals surface area contributed by atoms with Crippen molar-refractivity contribution in [3.63, 3.8) is 0 Å². The van der Waals surface area contributed by atoms with Crippen molar-refractivity contribution in [3.05, 3.63) is 24.5 Å². The van der Waals surface area contributed by atoms with Crippen molar-refractivity contribution in [1.82, 2.24) is 29.6 Å². The van der Waals surface area contributed by atoms with Crippen LogP contribution in [0.15, 0.2) is 18.7 Å². The van der Waals surface area contributed by atoms with Gasteiger partial charge in [0.2, 0.25) is 11.9 Å². The van der Waals surface area contributed by atoms with E-state index in [0.717, 1.165) is 5.82 Å². The SMILES string of the molecule is CN(Cc1ncc[nH]1)C(=O)Cn1cnc(N)n1. The number of carbonyl (C=O) groups is 1. The second-order valence-corrected chi connectivity index (χ2v) is 3.59. The van der Waals surface area contributed by atoms with Gasteiger partial charge < -0.3 is 15.6 Å². The molecule has 0 aliphatic rings. The van der Waals surface area contributed by atoms with Crippen molar-refractivity contribution in [2.45, 2.75) is 13.1 Å². The molecule has 0 fully saturated rings. The number of hydrogen-bond acceptors (Lipinski definition) is 5. The molecule has 0 saturated carbocycles. The summed E-state index contributed by atoms with van der Waals surface area (Å²) in [5.41, 5.74) is 5.36. The Bertz CT molecular complexity index is 489. The van der Waals surface area contributed by atoms with Gasteiger partial charge >= 0.3 is 0 Å². The van der Waals surface area contributed by atoms with Gasteiger partial charge in [-0.3, -0.25) is 4.79 Å². The molecule has 0 aliphatic heterocycles. The number of likely N-dealkylation sites (N-methyl/N-ethyl adjacent to an activating group) is 1. The van der Waals surface area contributed by atoms with E-state index in [1.165, 1.54) is 11.0 Å².